The molecule has 0 aliphatic heterocycles. The fourth-order valence-electron chi connectivity index (χ4n) is 1.99. The number of hydrogen-bond donors (Lipinski definition) is 0. The van der Waals surface area contributed by atoms with Gasteiger partial charge < -0.3 is 0 Å². The van der Waals surface area contributed by atoms with Gasteiger partial charge in [-0.15, -0.1) is 0 Å². The first kappa shape index (κ1) is 31.0. The van der Waals surface area contributed by atoms with E-state index in [9.17, 15) is 41.5 Å². The Bertz CT molecular complexity index is 1150. The van der Waals surface area contributed by atoms with Crippen molar-refractivity contribution < 1.29 is 57.5 Å². The normalized spacial score (nSPS) is 11.5. The van der Waals surface area contributed by atoms with Gasteiger partial charge in [-0.1, -0.05) is 0 Å². The molecule has 0 N–H and O–H groups in total. The van der Waals surface area contributed by atoms with E-state index in [1.54, 1.807) is 0 Å². The second-order valence-corrected chi connectivity index (χ2v) is 12.3. The Hall–Kier alpha value is -3.08. The van der Waals surface area contributed by atoms with E-state index in [-0.39, 0.29) is 19.6 Å². The quantitative estimate of drug-likeness (QED) is 0.0340. The van der Waals surface area contributed by atoms with Gasteiger partial charge in [0.2, 0.25) is 0 Å². The van der Waals surface area contributed by atoms with E-state index in [1.807, 2.05) is 0 Å². The minimum atomic E-state index is -6.32. The Morgan fingerprint density at radius 3 is 2.17 bits per heavy atom. The fraction of sp³-hybridized carbons (Fsp3) is 0.300. The Balaban J connectivity index is 3.40. The Morgan fingerprint density at radius 2 is 1.61 bits per heavy atom. The molecule has 0 aromatic heterocycles. The van der Waals surface area contributed by atoms with E-state index in [1.165, 1.54) is 24.3 Å². The summed E-state index contributed by atoms with van der Waals surface area (Å²) in [6.07, 6.45) is 3.26. The van der Waals surface area contributed by atoms with Crippen molar-refractivity contribution in [2.75, 3.05) is 19.8 Å². The standard InChI is InChI=1S/C20H20F3IN2O9S/c1-3-5-11-32-16(27)13-34-18(28)14-9-7-8-10-15(14)24(35-36(30,31)20(21,22)23)17(26-25)19(29)33-12-6-4-2/h3-4,7-10H,1-2,5-6,11-13H2. The summed E-state index contributed by atoms with van der Waals surface area (Å²) >= 11 is -4.68. The number of ether oxygens (including phenoxy) is 3. The third-order valence-corrected chi connectivity index (χ3v) is 10.5. The van der Waals surface area contributed by atoms with Crippen molar-refractivity contribution in [1.29, 1.82) is 0 Å². The van der Waals surface area contributed by atoms with E-state index in [2.05, 4.69) is 20.5 Å². The molecule has 0 amide bonds. The van der Waals surface area contributed by atoms with Crippen LogP contribution in [-0.2, 0) is 36.4 Å². The zero-order valence-electron chi connectivity index (χ0n) is 18.4. The third-order valence-electron chi connectivity index (χ3n) is 3.59. The molecule has 0 heterocycles. The molecule has 16 heteroatoms. The fourth-order valence-corrected chi connectivity index (χ4v) is 8.25. The number of hydrogen-bond acceptors (Lipinski definition) is 9. The predicted octanol–water partition coefficient (Wildman–Crippen LogP) is 3.17. The van der Waals surface area contributed by atoms with Gasteiger partial charge in [0.15, 0.2) is 0 Å². The molecule has 0 fully saturated rings. The number of benzene rings is 1. The van der Waals surface area contributed by atoms with Crippen LogP contribution in [0.1, 0.15) is 23.2 Å². The minimum absolute atomic E-state index is 0.0419. The van der Waals surface area contributed by atoms with Crippen LogP contribution in [-0.4, -0.2) is 60.2 Å². The summed E-state index contributed by atoms with van der Waals surface area (Å²) in [6.45, 7) is 5.56. The molecule has 0 unspecified atom stereocenters. The van der Waals surface area contributed by atoms with Crippen LogP contribution in [0.4, 0.5) is 13.2 Å². The summed E-state index contributed by atoms with van der Waals surface area (Å²) in [5.74, 6) is -3.70. The Labute approximate surface area is 211 Å². The van der Waals surface area contributed by atoms with Gasteiger partial charge >= 0.3 is 212 Å². The third kappa shape index (κ3) is 9.18. The molecule has 36 heavy (non-hydrogen) atoms. The molecule has 0 aliphatic rings. The maximum absolute atomic E-state index is 13.1. The molecule has 0 saturated heterocycles. The van der Waals surface area contributed by atoms with Crippen molar-refractivity contribution in [1.82, 2.24) is 0 Å². The number of alkyl halides is 3. The average molecular weight is 648 g/mol. The monoisotopic (exact) mass is 648 g/mol. The van der Waals surface area contributed by atoms with E-state index in [4.69, 9.17) is 14.2 Å². The molecule has 0 saturated carbocycles. The summed E-state index contributed by atoms with van der Waals surface area (Å²) in [4.78, 5) is 39.2. The van der Waals surface area contributed by atoms with E-state index >= 15 is 0 Å². The summed E-state index contributed by atoms with van der Waals surface area (Å²) in [7, 11) is -6.32. The molecule has 1 rings (SSSR count). The number of carbonyl (C=O) groups is 3. The first-order valence-corrected chi connectivity index (χ1v) is 14.1. The molecule has 0 radical (unpaired) electrons. The van der Waals surface area contributed by atoms with Crippen molar-refractivity contribution in [3.8, 4) is 0 Å². The number of halogens is 4. The zero-order chi connectivity index (χ0) is 27.4. The average Bonchev–Trinajstić information content (AvgIpc) is 2.82. The second kappa shape index (κ2) is 14.5. The van der Waals surface area contributed by atoms with Crippen molar-refractivity contribution in [3.05, 3.63) is 64.2 Å². The molecule has 198 valence electrons. The van der Waals surface area contributed by atoms with E-state index < -0.39 is 73.2 Å². The van der Waals surface area contributed by atoms with Crippen LogP contribution in [0.25, 0.3) is 5.53 Å². The second-order valence-electron chi connectivity index (χ2n) is 6.17. The molecule has 0 atom stereocenters. The molecule has 0 aliphatic carbocycles. The number of carbonyl (C=O) groups excluding carboxylic acids is 3. The molecular formula is C20H20F3IN2O9S. The number of nitrogens with zero attached hydrogens (tertiary/aromatic N) is 2. The van der Waals surface area contributed by atoms with Gasteiger partial charge in [0.05, 0.1) is 0 Å². The van der Waals surface area contributed by atoms with Gasteiger partial charge in [-0.2, -0.15) is 0 Å². The molecule has 1 aromatic rings. The van der Waals surface area contributed by atoms with Crippen LogP contribution in [0, 0.1) is 3.57 Å². The summed E-state index contributed by atoms with van der Waals surface area (Å²) in [5.41, 5.74) is 2.91. The Kier molecular flexibility index (Phi) is 12.4. The van der Waals surface area contributed by atoms with Crippen LogP contribution >= 0.6 is 20.2 Å². The number of esters is 3. The topological polar surface area (TPSA) is 159 Å². The van der Waals surface area contributed by atoms with Crippen molar-refractivity contribution >= 4 is 52.0 Å². The first-order chi connectivity index (χ1) is 16.9. The van der Waals surface area contributed by atoms with Gasteiger partial charge in [0.25, 0.3) is 0 Å². The van der Waals surface area contributed by atoms with Gasteiger partial charge in [0, 0.05) is 0 Å². The van der Waals surface area contributed by atoms with Gasteiger partial charge in [-0.3, -0.25) is 0 Å². The summed E-state index contributed by atoms with van der Waals surface area (Å²) in [6, 6.07) is 4.44. The summed E-state index contributed by atoms with van der Waals surface area (Å²) in [5, 5.41) is 0. The summed E-state index contributed by atoms with van der Waals surface area (Å²) < 4.78 is 79.7. The number of rotatable bonds is 14. The SMILES string of the molecule is C=CCCOC(=O)COC(=O)c1ccccc1I(OS(=O)(=O)C(F)(F)F)C(=[N+]=[N-])C(=O)OCCC=C. The predicted molar refractivity (Wildman–Crippen MR) is 126 cm³/mol. The maximum atomic E-state index is 13.1. The van der Waals surface area contributed by atoms with Crippen molar-refractivity contribution in [2.24, 2.45) is 0 Å². The van der Waals surface area contributed by atoms with E-state index in [0.717, 1.165) is 12.1 Å². The van der Waals surface area contributed by atoms with Gasteiger partial charge in [-0.05, 0) is 0 Å². The van der Waals surface area contributed by atoms with Gasteiger partial charge in [0.1, 0.15) is 0 Å². The Morgan fingerprint density at radius 1 is 1.03 bits per heavy atom. The van der Waals surface area contributed by atoms with Crippen LogP contribution in [0.2, 0.25) is 0 Å². The van der Waals surface area contributed by atoms with Crippen molar-refractivity contribution in [3.63, 3.8) is 0 Å². The molecule has 0 bridgehead atoms. The molecule has 11 nitrogen and oxygen atoms in total. The van der Waals surface area contributed by atoms with Crippen LogP contribution in [0.15, 0.2) is 49.6 Å². The first-order valence-electron chi connectivity index (χ1n) is 9.63. The van der Waals surface area contributed by atoms with Crippen LogP contribution in [0.3, 0.4) is 0 Å². The molecule has 1 aromatic carbocycles. The van der Waals surface area contributed by atoms with Crippen LogP contribution < -0.4 is 0 Å². The van der Waals surface area contributed by atoms with Crippen molar-refractivity contribution in [2.45, 2.75) is 18.3 Å². The zero-order valence-corrected chi connectivity index (χ0v) is 21.4. The molecule has 0 spiro atoms. The van der Waals surface area contributed by atoms with Gasteiger partial charge in [-0.25, -0.2) is 0 Å². The molecular weight excluding hydrogens is 628 g/mol. The van der Waals surface area contributed by atoms with E-state index in [0.29, 0.717) is 6.42 Å². The van der Waals surface area contributed by atoms with Crippen LogP contribution in [0.5, 0.6) is 0 Å².